The van der Waals surface area contributed by atoms with Gasteiger partial charge in [0, 0.05) is 23.1 Å². The monoisotopic (exact) mass is 409 g/mol. The van der Waals surface area contributed by atoms with Gasteiger partial charge in [-0.2, -0.15) is 0 Å². The van der Waals surface area contributed by atoms with Crippen LogP contribution in [0.5, 0.6) is 0 Å². The van der Waals surface area contributed by atoms with Gasteiger partial charge in [0.05, 0.1) is 12.7 Å². The molecule has 1 heterocycles. The first kappa shape index (κ1) is 18.0. The van der Waals surface area contributed by atoms with Gasteiger partial charge in [0.1, 0.15) is 0 Å². The van der Waals surface area contributed by atoms with Gasteiger partial charge in [-0.3, -0.25) is 4.79 Å². The van der Waals surface area contributed by atoms with Gasteiger partial charge >= 0.3 is 0 Å². The molecule has 25 heavy (non-hydrogen) atoms. The Kier molecular flexibility index (Phi) is 5.81. The molecule has 0 N–H and O–H groups in total. The van der Waals surface area contributed by atoms with Crippen molar-refractivity contribution in [2.24, 2.45) is 0 Å². The van der Waals surface area contributed by atoms with Crippen LogP contribution in [-0.4, -0.2) is 30.0 Å². The molecule has 6 heteroatoms. The first-order valence-corrected chi connectivity index (χ1v) is 8.92. The Labute approximate surface area is 153 Å². The molecule has 1 fully saturated rings. The van der Waals surface area contributed by atoms with Crippen LogP contribution < -0.4 is 0 Å². The summed E-state index contributed by atoms with van der Waals surface area (Å²) in [6, 6.07) is 11.0. The van der Waals surface area contributed by atoms with Gasteiger partial charge in [0.2, 0.25) is 0 Å². The molecule has 0 saturated carbocycles. The Morgan fingerprint density at radius 1 is 1.20 bits per heavy atom. The van der Waals surface area contributed by atoms with Gasteiger partial charge in [-0.05, 0) is 48.7 Å². The van der Waals surface area contributed by atoms with Crippen molar-refractivity contribution >= 4 is 21.8 Å². The maximum absolute atomic E-state index is 13.2. The summed E-state index contributed by atoms with van der Waals surface area (Å²) in [5.41, 5.74) is 1.21. The molecule has 1 aliphatic rings. The quantitative estimate of drug-likeness (QED) is 0.741. The van der Waals surface area contributed by atoms with Gasteiger partial charge < -0.3 is 9.64 Å². The maximum atomic E-state index is 13.2. The molecule has 1 amide bonds. The minimum atomic E-state index is -0.879. The molecule has 2 aromatic carbocycles. The van der Waals surface area contributed by atoms with Crippen LogP contribution in [0.25, 0.3) is 0 Å². The average molecular weight is 410 g/mol. The van der Waals surface area contributed by atoms with Crippen LogP contribution in [0.3, 0.4) is 0 Å². The second-order valence-corrected chi connectivity index (χ2v) is 7.00. The number of carbonyl (C=O) groups excluding carboxylic acids is 1. The standard InChI is InChI=1S/C19H18BrF2NO2/c20-15-4-1-3-14(10-15)19(24)23-8-2-5-16(11-23)25-12-13-6-7-17(21)18(22)9-13/h1,3-4,6-7,9-10,16H,2,5,8,11-12H2. The van der Waals surface area contributed by atoms with Crippen LogP contribution in [0.1, 0.15) is 28.8 Å². The first-order chi connectivity index (χ1) is 12.0. The van der Waals surface area contributed by atoms with Gasteiger partial charge in [-0.15, -0.1) is 0 Å². The average Bonchev–Trinajstić information content (AvgIpc) is 2.62. The minimum Gasteiger partial charge on any atom is -0.372 e. The van der Waals surface area contributed by atoms with E-state index in [1.54, 1.807) is 17.0 Å². The summed E-state index contributed by atoms with van der Waals surface area (Å²) in [7, 11) is 0. The van der Waals surface area contributed by atoms with E-state index in [2.05, 4.69) is 15.9 Å². The lowest BCUT2D eigenvalue weighted by atomic mass is 10.1. The van der Waals surface area contributed by atoms with Crippen molar-refractivity contribution in [2.45, 2.75) is 25.6 Å². The van der Waals surface area contributed by atoms with Crippen LogP contribution >= 0.6 is 15.9 Å². The zero-order chi connectivity index (χ0) is 17.8. The van der Waals surface area contributed by atoms with E-state index in [1.165, 1.54) is 6.07 Å². The van der Waals surface area contributed by atoms with Crippen molar-refractivity contribution in [3.63, 3.8) is 0 Å². The summed E-state index contributed by atoms with van der Waals surface area (Å²) >= 11 is 3.38. The van der Waals surface area contributed by atoms with Crippen molar-refractivity contribution < 1.29 is 18.3 Å². The molecule has 2 aromatic rings. The Balaban J connectivity index is 1.59. The molecule has 1 saturated heterocycles. The molecule has 1 aliphatic heterocycles. The predicted octanol–water partition coefficient (Wildman–Crippen LogP) is 4.55. The second-order valence-electron chi connectivity index (χ2n) is 6.09. The highest BCUT2D eigenvalue weighted by molar-refractivity contribution is 9.10. The van der Waals surface area contributed by atoms with E-state index in [0.717, 1.165) is 29.4 Å². The number of hydrogen-bond acceptors (Lipinski definition) is 2. The predicted molar refractivity (Wildman–Crippen MR) is 94.2 cm³/mol. The first-order valence-electron chi connectivity index (χ1n) is 8.13. The summed E-state index contributed by atoms with van der Waals surface area (Å²) in [4.78, 5) is 14.4. The van der Waals surface area contributed by atoms with Crippen LogP contribution in [0, 0.1) is 11.6 Å². The Morgan fingerprint density at radius 2 is 2.04 bits per heavy atom. The van der Waals surface area contributed by atoms with E-state index >= 15 is 0 Å². The molecule has 3 rings (SSSR count). The lowest BCUT2D eigenvalue weighted by molar-refractivity contribution is -0.00682. The van der Waals surface area contributed by atoms with Gasteiger partial charge in [-0.1, -0.05) is 28.1 Å². The largest absolute Gasteiger partial charge is 0.372 e. The molecule has 1 unspecified atom stereocenters. The fraction of sp³-hybridized carbons (Fsp3) is 0.316. The summed E-state index contributed by atoms with van der Waals surface area (Å²) < 4.78 is 32.9. The van der Waals surface area contributed by atoms with Crippen molar-refractivity contribution in [3.8, 4) is 0 Å². The number of hydrogen-bond donors (Lipinski definition) is 0. The number of ether oxygens (including phenoxy) is 1. The zero-order valence-electron chi connectivity index (χ0n) is 13.6. The highest BCUT2D eigenvalue weighted by Gasteiger charge is 2.25. The number of nitrogens with zero attached hydrogens (tertiary/aromatic N) is 1. The number of benzene rings is 2. The van der Waals surface area contributed by atoms with Gasteiger partial charge in [0.25, 0.3) is 5.91 Å². The molecule has 0 radical (unpaired) electrons. The van der Waals surface area contributed by atoms with Crippen molar-refractivity contribution in [1.82, 2.24) is 4.90 Å². The molecule has 0 bridgehead atoms. The minimum absolute atomic E-state index is 0.0255. The smallest absolute Gasteiger partial charge is 0.253 e. The number of piperidine rings is 1. The Hall–Kier alpha value is -1.79. The van der Waals surface area contributed by atoms with E-state index in [9.17, 15) is 13.6 Å². The maximum Gasteiger partial charge on any atom is 0.253 e. The summed E-state index contributed by atoms with van der Waals surface area (Å²) in [6.45, 7) is 1.38. The summed E-state index contributed by atoms with van der Waals surface area (Å²) in [5.74, 6) is -1.77. The Bertz CT molecular complexity index is 769. The highest BCUT2D eigenvalue weighted by atomic mass is 79.9. The fourth-order valence-electron chi connectivity index (χ4n) is 2.91. The third kappa shape index (κ3) is 4.64. The lowest BCUT2D eigenvalue weighted by Crippen LogP contribution is -2.43. The molecule has 0 aliphatic carbocycles. The summed E-state index contributed by atoms with van der Waals surface area (Å²) in [5, 5.41) is 0. The number of rotatable bonds is 4. The Morgan fingerprint density at radius 3 is 2.80 bits per heavy atom. The molecule has 0 aromatic heterocycles. The fourth-order valence-corrected chi connectivity index (χ4v) is 3.31. The number of amides is 1. The van der Waals surface area contributed by atoms with Crippen LogP contribution in [0.2, 0.25) is 0 Å². The molecular weight excluding hydrogens is 392 g/mol. The van der Waals surface area contributed by atoms with Crippen LogP contribution in [0.4, 0.5) is 8.78 Å². The molecule has 132 valence electrons. The number of halogens is 3. The summed E-state index contributed by atoms with van der Waals surface area (Å²) in [6.07, 6.45) is 1.58. The number of carbonyl (C=O) groups is 1. The van der Waals surface area contributed by atoms with E-state index in [4.69, 9.17) is 4.74 Å². The van der Waals surface area contributed by atoms with Crippen molar-refractivity contribution in [3.05, 3.63) is 69.7 Å². The highest BCUT2D eigenvalue weighted by Crippen LogP contribution is 2.20. The van der Waals surface area contributed by atoms with E-state index < -0.39 is 11.6 Å². The van der Waals surface area contributed by atoms with Crippen LogP contribution in [0.15, 0.2) is 46.9 Å². The third-order valence-electron chi connectivity index (χ3n) is 4.21. The number of likely N-dealkylation sites (tertiary alicyclic amines) is 1. The SMILES string of the molecule is O=C(c1cccc(Br)c1)N1CCCC(OCc2ccc(F)c(F)c2)C1. The third-order valence-corrected chi connectivity index (χ3v) is 4.70. The molecule has 0 spiro atoms. The molecule has 1 atom stereocenters. The van der Waals surface area contributed by atoms with Crippen molar-refractivity contribution in [1.29, 1.82) is 0 Å². The van der Waals surface area contributed by atoms with Crippen LogP contribution in [-0.2, 0) is 11.3 Å². The topological polar surface area (TPSA) is 29.5 Å². The van der Waals surface area contributed by atoms with E-state index in [0.29, 0.717) is 24.2 Å². The van der Waals surface area contributed by atoms with Gasteiger partial charge in [0.15, 0.2) is 11.6 Å². The van der Waals surface area contributed by atoms with E-state index in [-0.39, 0.29) is 18.6 Å². The zero-order valence-corrected chi connectivity index (χ0v) is 15.1. The lowest BCUT2D eigenvalue weighted by Gasteiger charge is -2.32. The normalized spacial score (nSPS) is 17.6. The van der Waals surface area contributed by atoms with E-state index in [1.807, 2.05) is 12.1 Å². The molecular formula is C19H18BrF2NO2. The van der Waals surface area contributed by atoms with Crippen molar-refractivity contribution in [2.75, 3.05) is 13.1 Å². The van der Waals surface area contributed by atoms with Gasteiger partial charge in [-0.25, -0.2) is 8.78 Å². The molecule has 3 nitrogen and oxygen atoms in total. The second kappa shape index (κ2) is 8.06.